The number of nitrogens with zero attached hydrogens (tertiary/aromatic N) is 5. The fraction of sp³-hybridized carbons (Fsp3) is 0.214. The number of hydrogen-bond acceptors (Lipinski definition) is 4. The summed E-state index contributed by atoms with van der Waals surface area (Å²) in [6, 6.07) is 3.82. The molecule has 0 aliphatic rings. The van der Waals surface area contributed by atoms with Crippen LogP contribution < -0.4 is 5.73 Å². The van der Waals surface area contributed by atoms with E-state index < -0.39 is 0 Å². The Kier molecular flexibility index (Phi) is 2.98. The van der Waals surface area contributed by atoms with Crippen molar-refractivity contribution >= 4 is 5.82 Å². The zero-order valence-corrected chi connectivity index (χ0v) is 11.5. The van der Waals surface area contributed by atoms with E-state index in [1.165, 1.54) is 0 Å². The van der Waals surface area contributed by atoms with Crippen molar-refractivity contribution in [2.24, 2.45) is 7.05 Å². The maximum Gasteiger partial charge on any atom is 0.132 e. The molecule has 0 saturated heterocycles. The number of rotatable bonds is 3. The summed E-state index contributed by atoms with van der Waals surface area (Å²) in [5.41, 5.74) is 9.97. The Balaban J connectivity index is 1.99. The Bertz CT molecular complexity index is 740. The molecule has 3 aromatic rings. The van der Waals surface area contributed by atoms with Gasteiger partial charge in [-0.15, -0.1) is 0 Å². The first kappa shape index (κ1) is 12.4. The number of imidazole rings is 1. The van der Waals surface area contributed by atoms with Gasteiger partial charge < -0.3 is 10.3 Å². The van der Waals surface area contributed by atoms with Gasteiger partial charge in [-0.25, -0.2) is 9.97 Å². The standard InChI is InChI=1S/C14H16N6/c1-10-11(7-19(2)18-10)8-20-9-16-6-13(20)12-4-3-5-17-14(12)15/h3-7,9H,8H2,1-2H3,(H2,15,17). The van der Waals surface area contributed by atoms with Gasteiger partial charge in [-0.2, -0.15) is 5.10 Å². The minimum absolute atomic E-state index is 0.511. The predicted molar refractivity (Wildman–Crippen MR) is 76.9 cm³/mol. The van der Waals surface area contributed by atoms with E-state index in [1.807, 2.05) is 37.0 Å². The number of aryl methyl sites for hydroxylation is 2. The third-order valence-electron chi connectivity index (χ3n) is 3.28. The van der Waals surface area contributed by atoms with Crippen LogP contribution in [-0.2, 0) is 13.6 Å². The number of nitrogen functional groups attached to an aromatic ring is 1. The van der Waals surface area contributed by atoms with Crippen LogP contribution in [0.4, 0.5) is 5.82 Å². The highest BCUT2D eigenvalue weighted by atomic mass is 15.3. The number of hydrogen-bond donors (Lipinski definition) is 1. The van der Waals surface area contributed by atoms with Gasteiger partial charge in [0.05, 0.1) is 30.5 Å². The fourth-order valence-corrected chi connectivity index (χ4v) is 2.29. The number of aromatic nitrogens is 5. The highest BCUT2D eigenvalue weighted by Crippen LogP contribution is 2.24. The zero-order chi connectivity index (χ0) is 14.1. The predicted octanol–water partition coefficient (Wildman–Crippen LogP) is 1.62. The van der Waals surface area contributed by atoms with Gasteiger partial charge in [0.2, 0.25) is 0 Å². The van der Waals surface area contributed by atoms with Crippen molar-refractivity contribution in [2.75, 3.05) is 5.73 Å². The third kappa shape index (κ3) is 2.16. The van der Waals surface area contributed by atoms with Gasteiger partial charge in [-0.05, 0) is 19.1 Å². The maximum atomic E-state index is 5.94. The van der Waals surface area contributed by atoms with Crippen molar-refractivity contribution in [2.45, 2.75) is 13.5 Å². The van der Waals surface area contributed by atoms with Crippen LogP contribution in [-0.4, -0.2) is 24.3 Å². The number of nitrogens with two attached hydrogens (primary N) is 1. The minimum atomic E-state index is 0.511. The van der Waals surface area contributed by atoms with Crippen LogP contribution in [0, 0.1) is 6.92 Å². The third-order valence-corrected chi connectivity index (χ3v) is 3.28. The molecule has 0 bridgehead atoms. The Hall–Kier alpha value is -2.63. The molecule has 0 atom stereocenters. The summed E-state index contributed by atoms with van der Waals surface area (Å²) in [7, 11) is 1.92. The molecule has 3 rings (SSSR count). The molecule has 102 valence electrons. The van der Waals surface area contributed by atoms with Crippen molar-refractivity contribution in [1.29, 1.82) is 0 Å². The lowest BCUT2D eigenvalue weighted by Crippen LogP contribution is -2.03. The molecule has 20 heavy (non-hydrogen) atoms. The van der Waals surface area contributed by atoms with Gasteiger partial charge in [0.25, 0.3) is 0 Å². The van der Waals surface area contributed by atoms with E-state index in [0.29, 0.717) is 12.4 Å². The molecule has 0 aliphatic carbocycles. The average Bonchev–Trinajstić information content (AvgIpc) is 2.98. The molecule has 0 saturated carbocycles. The normalized spacial score (nSPS) is 10.9. The molecule has 2 N–H and O–H groups in total. The molecule has 6 heteroatoms. The summed E-state index contributed by atoms with van der Waals surface area (Å²) in [4.78, 5) is 8.35. The van der Waals surface area contributed by atoms with Crippen molar-refractivity contribution < 1.29 is 0 Å². The van der Waals surface area contributed by atoms with Gasteiger partial charge in [-0.1, -0.05) is 0 Å². The first-order valence-corrected chi connectivity index (χ1v) is 6.35. The summed E-state index contributed by atoms with van der Waals surface area (Å²) < 4.78 is 3.87. The Morgan fingerprint density at radius 1 is 1.35 bits per heavy atom. The highest BCUT2D eigenvalue weighted by molar-refractivity contribution is 5.70. The Morgan fingerprint density at radius 2 is 2.20 bits per heavy atom. The monoisotopic (exact) mass is 268 g/mol. The van der Waals surface area contributed by atoms with Crippen molar-refractivity contribution in [3.8, 4) is 11.3 Å². The van der Waals surface area contributed by atoms with Crippen LogP contribution in [0.1, 0.15) is 11.3 Å². The van der Waals surface area contributed by atoms with Crippen molar-refractivity contribution in [3.05, 3.63) is 48.3 Å². The molecular formula is C14H16N6. The summed E-state index contributed by atoms with van der Waals surface area (Å²) in [6.07, 6.45) is 7.31. The van der Waals surface area contributed by atoms with Crippen LogP contribution in [0.3, 0.4) is 0 Å². The van der Waals surface area contributed by atoms with Crippen LogP contribution >= 0.6 is 0 Å². The van der Waals surface area contributed by atoms with Crippen LogP contribution in [0.5, 0.6) is 0 Å². The van der Waals surface area contributed by atoms with E-state index in [2.05, 4.69) is 19.6 Å². The van der Waals surface area contributed by atoms with Crippen LogP contribution in [0.25, 0.3) is 11.3 Å². The molecule has 0 amide bonds. The van der Waals surface area contributed by atoms with E-state index in [9.17, 15) is 0 Å². The van der Waals surface area contributed by atoms with E-state index in [0.717, 1.165) is 22.5 Å². The second-order valence-electron chi connectivity index (χ2n) is 4.76. The molecule has 0 radical (unpaired) electrons. The summed E-state index contributed by atoms with van der Waals surface area (Å²) in [5.74, 6) is 0.511. The van der Waals surface area contributed by atoms with E-state index in [-0.39, 0.29) is 0 Å². The maximum absolute atomic E-state index is 5.94. The Morgan fingerprint density at radius 3 is 2.90 bits per heavy atom. The van der Waals surface area contributed by atoms with Crippen LogP contribution in [0.2, 0.25) is 0 Å². The van der Waals surface area contributed by atoms with Gasteiger partial charge in [0, 0.05) is 30.6 Å². The number of anilines is 1. The second-order valence-corrected chi connectivity index (χ2v) is 4.76. The van der Waals surface area contributed by atoms with Crippen molar-refractivity contribution in [3.63, 3.8) is 0 Å². The molecule has 3 heterocycles. The van der Waals surface area contributed by atoms with Gasteiger partial charge in [0.15, 0.2) is 0 Å². The molecular weight excluding hydrogens is 252 g/mol. The molecule has 0 aliphatic heterocycles. The number of pyridine rings is 1. The van der Waals surface area contributed by atoms with E-state index >= 15 is 0 Å². The van der Waals surface area contributed by atoms with E-state index in [4.69, 9.17) is 5.73 Å². The van der Waals surface area contributed by atoms with Gasteiger partial charge in [0.1, 0.15) is 5.82 Å². The van der Waals surface area contributed by atoms with E-state index in [1.54, 1.807) is 18.7 Å². The second kappa shape index (κ2) is 4.80. The quantitative estimate of drug-likeness (QED) is 0.783. The molecule has 0 aromatic carbocycles. The van der Waals surface area contributed by atoms with Gasteiger partial charge >= 0.3 is 0 Å². The van der Waals surface area contributed by atoms with Crippen molar-refractivity contribution in [1.82, 2.24) is 24.3 Å². The lowest BCUT2D eigenvalue weighted by molar-refractivity contribution is 0.755. The fourth-order valence-electron chi connectivity index (χ4n) is 2.29. The highest BCUT2D eigenvalue weighted by Gasteiger charge is 2.11. The molecule has 0 fully saturated rings. The SMILES string of the molecule is Cc1nn(C)cc1Cn1cncc1-c1cccnc1N. The summed E-state index contributed by atoms with van der Waals surface area (Å²) in [5, 5.41) is 4.36. The Labute approximate surface area is 116 Å². The smallest absolute Gasteiger partial charge is 0.132 e. The zero-order valence-electron chi connectivity index (χ0n) is 11.5. The first-order valence-electron chi connectivity index (χ1n) is 6.35. The topological polar surface area (TPSA) is 74.5 Å². The molecule has 6 nitrogen and oxygen atoms in total. The average molecular weight is 268 g/mol. The molecule has 0 unspecified atom stereocenters. The lowest BCUT2D eigenvalue weighted by Gasteiger charge is -2.09. The summed E-state index contributed by atoms with van der Waals surface area (Å²) in [6.45, 7) is 2.72. The molecule has 3 aromatic heterocycles. The lowest BCUT2D eigenvalue weighted by atomic mass is 10.2. The van der Waals surface area contributed by atoms with Crippen LogP contribution in [0.15, 0.2) is 37.1 Å². The van der Waals surface area contributed by atoms with Gasteiger partial charge in [-0.3, -0.25) is 4.68 Å². The largest absolute Gasteiger partial charge is 0.383 e. The minimum Gasteiger partial charge on any atom is -0.383 e. The molecule has 0 spiro atoms. The first-order chi connectivity index (χ1) is 9.65. The summed E-state index contributed by atoms with van der Waals surface area (Å²) >= 11 is 0.